The van der Waals surface area contributed by atoms with Crippen molar-refractivity contribution in [3.63, 3.8) is 0 Å². The zero-order chi connectivity index (χ0) is 26.1. The monoisotopic (exact) mass is 496 g/mol. The van der Waals surface area contributed by atoms with E-state index < -0.39 is 29.4 Å². The van der Waals surface area contributed by atoms with Crippen LogP contribution < -0.4 is 5.32 Å². The van der Waals surface area contributed by atoms with Gasteiger partial charge in [0.1, 0.15) is 6.61 Å². The maximum atomic E-state index is 13.2. The van der Waals surface area contributed by atoms with Crippen molar-refractivity contribution >= 4 is 17.6 Å². The number of carbonyl (C=O) groups excluding carboxylic acids is 2. The highest BCUT2D eigenvalue weighted by Gasteiger charge is 2.39. The second kappa shape index (κ2) is 12.6. The van der Waals surface area contributed by atoms with Gasteiger partial charge in [0, 0.05) is 17.8 Å². The number of ether oxygens (including phenoxy) is 3. The Kier molecular flexibility index (Phi) is 9.32. The maximum absolute atomic E-state index is 13.2. The van der Waals surface area contributed by atoms with Crippen molar-refractivity contribution in [3.05, 3.63) is 98.4 Å². The van der Waals surface area contributed by atoms with Crippen LogP contribution in [0.25, 0.3) is 0 Å². The molecule has 0 saturated heterocycles. The number of esters is 2. The predicted molar refractivity (Wildman–Crippen MR) is 129 cm³/mol. The molecule has 1 unspecified atom stereocenters. The molecule has 0 fully saturated rings. The normalized spacial score (nSPS) is 15.4. The molecule has 0 spiro atoms. The summed E-state index contributed by atoms with van der Waals surface area (Å²) in [5.74, 6) is -2.53. The van der Waals surface area contributed by atoms with Crippen molar-refractivity contribution in [1.29, 1.82) is 0 Å². The molecule has 1 aliphatic heterocycles. The minimum Gasteiger partial charge on any atom is -0.463 e. The topological polar surface area (TPSA) is 137 Å². The van der Waals surface area contributed by atoms with Gasteiger partial charge in [0.15, 0.2) is 0 Å². The molecule has 190 valence electrons. The summed E-state index contributed by atoms with van der Waals surface area (Å²) in [6.45, 7) is 3.20. The van der Waals surface area contributed by atoms with Crippen molar-refractivity contribution in [2.45, 2.75) is 26.4 Å². The van der Waals surface area contributed by atoms with E-state index >= 15 is 0 Å². The van der Waals surface area contributed by atoms with E-state index in [4.69, 9.17) is 14.2 Å². The zero-order valence-corrected chi connectivity index (χ0v) is 20.1. The molecule has 0 aliphatic carbocycles. The number of allylic oxidation sites excluding steroid dienone is 1. The first-order valence-corrected chi connectivity index (χ1v) is 11.4. The molecule has 2 aromatic carbocycles. The van der Waals surface area contributed by atoms with Crippen molar-refractivity contribution in [2.75, 3.05) is 26.4 Å². The number of aliphatic hydroxyl groups excluding tert-OH is 1. The second-order valence-corrected chi connectivity index (χ2v) is 7.89. The summed E-state index contributed by atoms with van der Waals surface area (Å²) in [4.78, 5) is 37.0. The van der Waals surface area contributed by atoms with Crippen LogP contribution in [0.3, 0.4) is 0 Å². The number of nitro groups is 1. The van der Waals surface area contributed by atoms with Crippen LogP contribution in [0.2, 0.25) is 0 Å². The quantitative estimate of drug-likeness (QED) is 0.208. The summed E-state index contributed by atoms with van der Waals surface area (Å²) < 4.78 is 16.2. The molecule has 0 bridgehead atoms. The number of nitrogens with zero attached hydrogens (tertiary/aromatic N) is 1. The van der Waals surface area contributed by atoms with Gasteiger partial charge in [-0.3, -0.25) is 10.1 Å². The number of carbonyl (C=O) groups is 2. The first-order chi connectivity index (χ1) is 17.4. The lowest BCUT2D eigenvalue weighted by Gasteiger charge is -2.31. The Hall–Kier alpha value is -4.02. The maximum Gasteiger partial charge on any atom is 0.336 e. The lowest BCUT2D eigenvalue weighted by atomic mass is 9.80. The Labute approximate surface area is 208 Å². The van der Waals surface area contributed by atoms with Gasteiger partial charge in [-0.05, 0) is 25.0 Å². The highest BCUT2D eigenvalue weighted by atomic mass is 16.6. The molecule has 1 aliphatic rings. The van der Waals surface area contributed by atoms with Crippen molar-refractivity contribution < 1.29 is 33.8 Å². The number of hydrogen-bond donors (Lipinski definition) is 2. The third-order valence-electron chi connectivity index (χ3n) is 5.50. The van der Waals surface area contributed by atoms with Gasteiger partial charge in [-0.1, -0.05) is 42.5 Å². The van der Waals surface area contributed by atoms with Crippen molar-refractivity contribution in [1.82, 2.24) is 5.32 Å². The van der Waals surface area contributed by atoms with Gasteiger partial charge in [-0.2, -0.15) is 0 Å². The first-order valence-electron chi connectivity index (χ1n) is 11.4. The molecule has 10 heteroatoms. The molecular formula is C26H28N2O8. The van der Waals surface area contributed by atoms with Crippen LogP contribution in [0.15, 0.2) is 77.1 Å². The summed E-state index contributed by atoms with van der Waals surface area (Å²) in [6.07, 6.45) is 0. The zero-order valence-electron chi connectivity index (χ0n) is 20.1. The van der Waals surface area contributed by atoms with Crippen LogP contribution in [-0.2, 0) is 30.4 Å². The minimum atomic E-state index is -1.05. The molecular weight excluding hydrogens is 468 g/mol. The molecule has 10 nitrogen and oxygen atoms in total. The average Bonchev–Trinajstić information content (AvgIpc) is 2.88. The van der Waals surface area contributed by atoms with E-state index in [2.05, 4.69) is 5.32 Å². The van der Waals surface area contributed by atoms with Gasteiger partial charge in [0.2, 0.25) is 0 Å². The summed E-state index contributed by atoms with van der Waals surface area (Å²) in [7, 11) is 0. The number of hydrogen-bond acceptors (Lipinski definition) is 9. The molecule has 0 amide bonds. The largest absolute Gasteiger partial charge is 0.463 e. The minimum absolute atomic E-state index is 0.0160. The Balaban J connectivity index is 1.87. The Morgan fingerprint density at radius 2 is 1.75 bits per heavy atom. The molecule has 36 heavy (non-hydrogen) atoms. The third-order valence-corrected chi connectivity index (χ3v) is 5.50. The second-order valence-electron chi connectivity index (χ2n) is 7.89. The van der Waals surface area contributed by atoms with E-state index in [1.807, 2.05) is 30.3 Å². The summed E-state index contributed by atoms with van der Waals surface area (Å²) in [5, 5.41) is 24.2. The number of nitrogens with one attached hydrogen (secondary N) is 1. The van der Waals surface area contributed by atoms with Crippen molar-refractivity contribution in [3.8, 4) is 0 Å². The highest BCUT2D eigenvalue weighted by Crippen LogP contribution is 2.40. The number of nitro benzene ring substituents is 1. The van der Waals surface area contributed by atoms with E-state index in [9.17, 15) is 24.8 Å². The molecule has 0 radical (unpaired) electrons. The Bertz CT molecular complexity index is 1170. The molecule has 1 atom stereocenters. The fourth-order valence-electron chi connectivity index (χ4n) is 3.93. The summed E-state index contributed by atoms with van der Waals surface area (Å²) in [5.41, 5.74) is 1.64. The average molecular weight is 497 g/mol. The smallest absolute Gasteiger partial charge is 0.336 e. The number of dihydropyridines is 1. The molecule has 0 saturated carbocycles. The SMILES string of the molecule is CCOC(=O)C1=C(CO)NC(C)=C(C(=O)OCCOCc2ccccc2)C1c1cccc([N+](=O)[O-])c1. The van der Waals surface area contributed by atoms with Gasteiger partial charge in [0.05, 0.1) is 54.1 Å². The number of benzene rings is 2. The van der Waals surface area contributed by atoms with E-state index in [1.54, 1.807) is 19.9 Å². The van der Waals surface area contributed by atoms with Crippen LogP contribution in [-0.4, -0.2) is 48.4 Å². The van der Waals surface area contributed by atoms with Gasteiger partial charge >= 0.3 is 11.9 Å². The van der Waals surface area contributed by atoms with Crippen LogP contribution in [0.4, 0.5) is 5.69 Å². The number of aliphatic hydroxyl groups is 1. The molecule has 1 heterocycles. The Morgan fingerprint density at radius 1 is 1.03 bits per heavy atom. The van der Waals surface area contributed by atoms with Gasteiger partial charge in [-0.25, -0.2) is 9.59 Å². The fourth-order valence-corrected chi connectivity index (χ4v) is 3.93. The van der Waals surface area contributed by atoms with Gasteiger partial charge < -0.3 is 24.6 Å². The molecule has 2 aromatic rings. The fraction of sp³-hybridized carbons (Fsp3) is 0.308. The van der Waals surface area contributed by atoms with Crippen LogP contribution in [0, 0.1) is 10.1 Å². The number of non-ortho nitro benzene ring substituents is 1. The summed E-state index contributed by atoms with van der Waals surface area (Å²) in [6, 6.07) is 15.2. The standard InChI is InChI=1S/C26H28N2O8/c1-3-35-26(31)24-21(15-29)27-17(2)22(23(24)19-10-7-11-20(14-19)28(32)33)25(30)36-13-12-34-16-18-8-5-4-6-9-18/h4-11,14,23,27,29H,3,12-13,15-16H2,1-2H3. The number of rotatable bonds is 11. The predicted octanol–water partition coefficient (Wildman–Crippen LogP) is 3.13. The molecule has 0 aromatic heterocycles. The van der Waals surface area contributed by atoms with E-state index in [-0.39, 0.29) is 42.4 Å². The van der Waals surface area contributed by atoms with E-state index in [0.717, 1.165) is 5.56 Å². The lowest BCUT2D eigenvalue weighted by Crippen LogP contribution is -2.34. The molecule has 3 rings (SSSR count). The first kappa shape index (κ1) is 26.6. The van der Waals surface area contributed by atoms with Crippen LogP contribution >= 0.6 is 0 Å². The van der Waals surface area contributed by atoms with Crippen molar-refractivity contribution in [2.24, 2.45) is 0 Å². The van der Waals surface area contributed by atoms with Gasteiger partial charge in [-0.15, -0.1) is 0 Å². The van der Waals surface area contributed by atoms with Crippen LogP contribution in [0.1, 0.15) is 30.9 Å². The lowest BCUT2D eigenvalue weighted by molar-refractivity contribution is -0.384. The summed E-state index contributed by atoms with van der Waals surface area (Å²) >= 11 is 0. The van der Waals surface area contributed by atoms with E-state index in [1.165, 1.54) is 18.2 Å². The van der Waals surface area contributed by atoms with Gasteiger partial charge in [0.25, 0.3) is 5.69 Å². The highest BCUT2D eigenvalue weighted by molar-refractivity contribution is 6.00. The Morgan fingerprint density at radius 3 is 2.42 bits per heavy atom. The van der Waals surface area contributed by atoms with E-state index in [0.29, 0.717) is 17.9 Å². The molecule has 2 N–H and O–H groups in total. The van der Waals surface area contributed by atoms with Crippen LogP contribution in [0.5, 0.6) is 0 Å². The third kappa shape index (κ3) is 6.35.